The molecule has 5 aliphatic rings. The Kier molecular flexibility index (Phi) is 19.9. The summed E-state index contributed by atoms with van der Waals surface area (Å²) in [6.07, 6.45) is 5.62. The molecule has 3 atom stereocenters. The van der Waals surface area contributed by atoms with Gasteiger partial charge in [0.1, 0.15) is 0 Å². The van der Waals surface area contributed by atoms with Crippen LogP contribution in [0.2, 0.25) is 5.02 Å². The summed E-state index contributed by atoms with van der Waals surface area (Å²) >= 11 is 8.19. The van der Waals surface area contributed by atoms with Gasteiger partial charge in [-0.1, -0.05) is 54.4 Å². The maximum atomic E-state index is 13.6. The number of nitrogens with zero attached hydrogens (tertiary/aromatic N) is 5. The van der Waals surface area contributed by atoms with Gasteiger partial charge in [-0.15, -0.1) is 11.8 Å². The number of rotatable bonds is 21. The summed E-state index contributed by atoms with van der Waals surface area (Å²) in [5.41, 5.74) is 9.12. The van der Waals surface area contributed by atoms with Gasteiger partial charge in [0.2, 0.25) is 11.8 Å². The molecular weight excluding hydrogens is 1100 g/mol. The van der Waals surface area contributed by atoms with Crippen LogP contribution in [0.4, 0.5) is 22.7 Å². The summed E-state index contributed by atoms with van der Waals surface area (Å²) in [4.78, 5) is 51.4. The maximum absolute atomic E-state index is 13.6. The second-order valence-electron chi connectivity index (χ2n) is 23.1. The lowest BCUT2D eigenvalue weighted by Gasteiger charge is -2.44. The highest BCUT2D eigenvalue weighted by atomic mass is 35.5. The molecule has 83 heavy (non-hydrogen) atoms. The van der Waals surface area contributed by atoms with E-state index in [9.17, 15) is 22.8 Å². The molecular formula is C64H79ClN10O6S2. The Morgan fingerprint density at radius 1 is 0.807 bits per heavy atom. The smallest absolute Gasteiger partial charge is 0.264 e. The number of allylic oxidation sites excluding steroid dienone is 1. The highest BCUT2D eigenvalue weighted by Gasteiger charge is 2.36. The monoisotopic (exact) mass is 1180 g/mol. The van der Waals surface area contributed by atoms with E-state index >= 15 is 0 Å². The second kappa shape index (κ2) is 27.6. The summed E-state index contributed by atoms with van der Waals surface area (Å²) in [5, 5.41) is 18.9. The molecule has 4 aliphatic heterocycles. The van der Waals surface area contributed by atoms with Crippen LogP contribution in [-0.4, -0.2) is 164 Å². The van der Waals surface area contributed by atoms with Crippen molar-refractivity contribution in [2.24, 2.45) is 11.3 Å². The first kappa shape index (κ1) is 59.9. The van der Waals surface area contributed by atoms with Crippen molar-refractivity contribution in [3.8, 4) is 0 Å². The number of carbonyl (C=O) groups excluding carboxylic acids is 3. The number of hydrogen-bond acceptors (Lipinski definition) is 15. The zero-order valence-electron chi connectivity index (χ0n) is 47.8. The Bertz CT molecular complexity index is 3200. The number of anilines is 4. The van der Waals surface area contributed by atoms with Crippen molar-refractivity contribution in [1.82, 2.24) is 24.7 Å². The predicted molar refractivity (Wildman–Crippen MR) is 335 cm³/mol. The van der Waals surface area contributed by atoms with Crippen molar-refractivity contribution in [2.75, 3.05) is 132 Å². The van der Waals surface area contributed by atoms with E-state index in [2.05, 4.69) is 88.5 Å². The van der Waals surface area contributed by atoms with E-state index in [1.807, 2.05) is 55.6 Å². The number of imide groups is 1. The van der Waals surface area contributed by atoms with Crippen molar-refractivity contribution < 1.29 is 27.5 Å². The van der Waals surface area contributed by atoms with Gasteiger partial charge in [-0.25, -0.2) is 13.1 Å². The quantitative estimate of drug-likeness (QED) is 0.0266. The molecule has 16 nitrogen and oxygen atoms in total. The van der Waals surface area contributed by atoms with E-state index in [4.69, 9.17) is 21.7 Å². The van der Waals surface area contributed by atoms with Crippen LogP contribution in [-0.2, 0) is 24.3 Å². The predicted octanol–water partition coefficient (Wildman–Crippen LogP) is 9.19. The van der Waals surface area contributed by atoms with Gasteiger partial charge in [-0.05, 0) is 146 Å². The minimum Gasteiger partial charge on any atom is -0.388 e. The number of amides is 3. The molecule has 3 amide bonds. The first-order chi connectivity index (χ1) is 40.2. The average Bonchev–Trinajstić information content (AvgIpc) is 3.85. The van der Waals surface area contributed by atoms with E-state index in [-0.39, 0.29) is 40.0 Å². The number of carbonyl (C=O) groups is 3. The van der Waals surface area contributed by atoms with Crippen molar-refractivity contribution in [2.45, 2.75) is 67.7 Å². The highest BCUT2D eigenvalue weighted by Crippen LogP contribution is 2.44. The van der Waals surface area contributed by atoms with Crippen LogP contribution in [0.3, 0.4) is 0 Å². The minimum absolute atomic E-state index is 0.0217. The van der Waals surface area contributed by atoms with Crippen LogP contribution in [0, 0.1) is 16.7 Å². The molecule has 1 aliphatic carbocycles. The Morgan fingerprint density at radius 3 is 2.22 bits per heavy atom. The van der Waals surface area contributed by atoms with E-state index in [0.717, 1.165) is 164 Å². The van der Waals surface area contributed by atoms with Crippen molar-refractivity contribution >= 4 is 85.1 Å². The van der Waals surface area contributed by atoms with Crippen LogP contribution in [0.5, 0.6) is 0 Å². The molecule has 5 N–H and O–H groups in total. The third kappa shape index (κ3) is 15.7. The van der Waals surface area contributed by atoms with E-state index in [1.54, 1.807) is 48.2 Å². The lowest BCUT2D eigenvalue weighted by molar-refractivity contribution is -0.134. The van der Waals surface area contributed by atoms with Crippen LogP contribution in [0.15, 0.2) is 137 Å². The number of piperazine rings is 2. The number of ether oxygens (including phenoxy) is 1. The zero-order chi connectivity index (χ0) is 57.9. The van der Waals surface area contributed by atoms with Crippen molar-refractivity contribution in [3.05, 3.63) is 149 Å². The lowest BCUT2D eigenvalue weighted by atomic mass is 9.71. The number of benzene rings is 5. The molecule has 0 radical (unpaired) electrons. The average molecular weight is 1180 g/mol. The Balaban J connectivity index is 0.712. The van der Waals surface area contributed by atoms with Gasteiger partial charge in [0.25, 0.3) is 15.9 Å². The Morgan fingerprint density at radius 2 is 1.51 bits per heavy atom. The maximum Gasteiger partial charge on any atom is 0.264 e. The largest absolute Gasteiger partial charge is 0.388 e. The third-order valence-electron chi connectivity index (χ3n) is 17.1. The van der Waals surface area contributed by atoms with Crippen LogP contribution >= 0.6 is 23.4 Å². The normalized spacial score (nSPS) is 21.0. The molecule has 4 saturated heterocycles. The lowest BCUT2D eigenvalue weighted by Crippen LogP contribution is -2.50. The first-order valence-electron chi connectivity index (χ1n) is 29.3. The minimum atomic E-state index is -4.14. The molecule has 4 fully saturated rings. The van der Waals surface area contributed by atoms with Crippen LogP contribution in [0.25, 0.3) is 5.57 Å². The number of nitrogens with one attached hydrogen (secondary N) is 5. The molecule has 440 valence electrons. The zero-order valence-corrected chi connectivity index (χ0v) is 50.2. The van der Waals surface area contributed by atoms with Gasteiger partial charge >= 0.3 is 0 Å². The van der Waals surface area contributed by atoms with Crippen LogP contribution < -0.4 is 30.5 Å². The number of hydrogen-bond donors (Lipinski definition) is 5. The molecule has 10 rings (SSSR count). The SMILES string of the molecule is CNc1cc(N2CCN(C[C@]3(C)CCC(c4ccc(Cl)cc4)=C(CN4CCN(c5ccc(C(=O)NS(=O)(=O)c6ccc(N[C@H](CCN7CCCOCC7)CSc7ccccc7)cc6)cc5)CC4)C3)CC2)ccc1C(=N)[C@H]1CCC(=O)NC1=O. The van der Waals surface area contributed by atoms with Gasteiger partial charge in [0.15, 0.2) is 0 Å². The standard InChI is InChI=1S/C64H79ClN10O6S2/c1-64(45-73-32-36-75(37-33-73)53-19-22-57(59(41-53)67-2)61(66)58-23-24-60(76)69-63(58)78)27-25-56(46-9-13-49(65)14-10-46)48(42-64)43-72-30-34-74(35-31-72)52-17-11-47(12-18-52)62(77)70-83(79,80)55-20-15-50(16-21-55)68-51(44-82-54-7-4-3-5-8-54)26-29-71-28-6-39-81-40-38-71/h3-5,7-22,41,51,58,66-68H,6,23-40,42-45H2,1-2H3,(H,70,77)(H,69,76,78)/t51-,58-,64-/m1/s1. The number of sulfonamides is 1. The summed E-state index contributed by atoms with van der Waals surface area (Å²) in [7, 11) is -2.30. The third-order valence-corrected chi connectivity index (χ3v) is 19.9. The molecule has 0 bridgehead atoms. The Labute approximate surface area is 499 Å². The van der Waals surface area contributed by atoms with Gasteiger partial charge in [0.05, 0.1) is 23.1 Å². The number of halogens is 1. The van der Waals surface area contributed by atoms with Gasteiger partial charge < -0.3 is 35.5 Å². The van der Waals surface area contributed by atoms with E-state index in [0.29, 0.717) is 12.0 Å². The topological polar surface area (TPSA) is 183 Å². The fourth-order valence-corrected chi connectivity index (χ4v) is 14.5. The number of thioether (sulfide) groups is 1. The van der Waals surface area contributed by atoms with Gasteiger partial charge in [0, 0.05) is 161 Å². The molecule has 0 unspecified atom stereocenters. The van der Waals surface area contributed by atoms with E-state index in [1.165, 1.54) is 21.6 Å². The summed E-state index contributed by atoms with van der Waals surface area (Å²) in [6, 6.07) is 38.7. The summed E-state index contributed by atoms with van der Waals surface area (Å²) in [5.74, 6) is -1.16. The van der Waals surface area contributed by atoms with E-state index < -0.39 is 27.8 Å². The van der Waals surface area contributed by atoms with Crippen molar-refractivity contribution in [1.29, 1.82) is 5.41 Å². The number of piperidine rings is 1. The van der Waals surface area contributed by atoms with Gasteiger partial charge in [-0.2, -0.15) is 0 Å². The summed E-state index contributed by atoms with van der Waals surface area (Å²) < 4.78 is 35.1. The molecule has 19 heteroatoms. The van der Waals surface area contributed by atoms with Crippen LogP contribution in [0.1, 0.15) is 73.4 Å². The fraction of sp³-hybridized carbons (Fsp3) is 0.438. The molecule has 5 aromatic carbocycles. The molecule has 5 aromatic rings. The fourth-order valence-electron chi connectivity index (χ4n) is 12.4. The summed E-state index contributed by atoms with van der Waals surface area (Å²) in [6.45, 7) is 15.8. The highest BCUT2D eigenvalue weighted by molar-refractivity contribution is 7.99. The molecule has 0 saturated carbocycles. The molecule has 4 heterocycles. The van der Waals surface area contributed by atoms with Crippen molar-refractivity contribution in [3.63, 3.8) is 0 Å². The Hall–Kier alpha value is -6.25. The first-order valence-corrected chi connectivity index (χ1v) is 32.2. The van der Waals surface area contributed by atoms with Gasteiger partial charge in [-0.3, -0.25) is 29.5 Å². The molecule has 0 spiro atoms. The molecule has 0 aromatic heterocycles. The second-order valence-corrected chi connectivity index (χ2v) is 26.3.